The van der Waals surface area contributed by atoms with Gasteiger partial charge in [0.15, 0.2) is 0 Å². The summed E-state index contributed by atoms with van der Waals surface area (Å²) in [5.74, 6) is -0.409. The number of rotatable bonds is 7. The van der Waals surface area contributed by atoms with Crippen molar-refractivity contribution in [1.29, 1.82) is 0 Å². The Morgan fingerprint density at radius 1 is 1.33 bits per heavy atom. The monoisotopic (exact) mass is 247 g/mol. The molecular weight excluding hydrogens is 226 g/mol. The van der Waals surface area contributed by atoms with Crippen molar-refractivity contribution in [3.8, 4) is 0 Å². The summed E-state index contributed by atoms with van der Waals surface area (Å²) in [6.07, 6.45) is 4.58. The van der Waals surface area contributed by atoms with Gasteiger partial charge in [-0.15, -0.1) is 0 Å². The number of hydrogen-bond donors (Lipinski definition) is 2. The summed E-state index contributed by atoms with van der Waals surface area (Å²) < 4.78 is 0. The van der Waals surface area contributed by atoms with Gasteiger partial charge in [-0.05, 0) is 17.9 Å². The van der Waals surface area contributed by atoms with Gasteiger partial charge in [0.2, 0.25) is 0 Å². The highest BCUT2D eigenvalue weighted by molar-refractivity contribution is 5.73. The molecule has 0 unspecified atom stereocenters. The van der Waals surface area contributed by atoms with Gasteiger partial charge < -0.3 is 10.4 Å². The second-order valence-corrected chi connectivity index (χ2v) is 4.74. The van der Waals surface area contributed by atoms with Gasteiger partial charge in [0.25, 0.3) is 0 Å². The summed E-state index contributed by atoms with van der Waals surface area (Å²) in [4.78, 5) is 11.0. The fraction of sp³-hybridized carbons (Fsp3) is 0.400. The summed E-state index contributed by atoms with van der Waals surface area (Å²) in [6, 6.07) is 9.49. The van der Waals surface area contributed by atoms with Crippen LogP contribution in [0.25, 0.3) is 6.08 Å². The van der Waals surface area contributed by atoms with Crippen molar-refractivity contribution in [2.75, 3.05) is 6.54 Å². The van der Waals surface area contributed by atoms with E-state index >= 15 is 0 Å². The Kier molecular flexibility index (Phi) is 6.15. The summed E-state index contributed by atoms with van der Waals surface area (Å²) in [7, 11) is 0. The van der Waals surface area contributed by atoms with Crippen LogP contribution in [0.5, 0.6) is 0 Å². The number of nitrogens with one attached hydrogen (secondary N) is 1. The molecule has 0 fully saturated rings. The third-order valence-corrected chi connectivity index (χ3v) is 2.60. The largest absolute Gasteiger partial charge is 0.480 e. The molecule has 98 valence electrons. The average molecular weight is 247 g/mol. The lowest BCUT2D eigenvalue weighted by molar-refractivity contribution is -0.139. The molecule has 1 rings (SSSR count). The van der Waals surface area contributed by atoms with E-state index in [1.807, 2.05) is 56.3 Å². The molecule has 0 radical (unpaired) electrons. The van der Waals surface area contributed by atoms with Gasteiger partial charge in [0, 0.05) is 6.54 Å². The first-order valence-electron chi connectivity index (χ1n) is 6.27. The minimum absolute atomic E-state index is 0.372. The maximum atomic E-state index is 11.0. The maximum absolute atomic E-state index is 11.0. The highest BCUT2D eigenvalue weighted by Crippen LogP contribution is 2.05. The molecule has 2 N–H and O–H groups in total. The zero-order valence-corrected chi connectivity index (χ0v) is 11.0. The van der Waals surface area contributed by atoms with Crippen LogP contribution < -0.4 is 5.32 Å². The average Bonchev–Trinajstić information content (AvgIpc) is 2.33. The van der Waals surface area contributed by atoms with Crippen molar-refractivity contribution >= 4 is 12.0 Å². The van der Waals surface area contributed by atoms with Crippen molar-refractivity contribution in [2.24, 2.45) is 5.92 Å². The minimum atomic E-state index is -0.781. The first kappa shape index (κ1) is 14.5. The quantitative estimate of drug-likeness (QED) is 0.779. The lowest BCUT2D eigenvalue weighted by atomic mass is 10.0. The van der Waals surface area contributed by atoms with E-state index in [1.54, 1.807) is 0 Å². The van der Waals surface area contributed by atoms with Crippen molar-refractivity contribution < 1.29 is 9.90 Å². The van der Waals surface area contributed by atoms with E-state index in [0.29, 0.717) is 18.9 Å². The van der Waals surface area contributed by atoms with Crippen LogP contribution in [0.15, 0.2) is 36.4 Å². The molecule has 0 spiro atoms. The lowest BCUT2D eigenvalue weighted by Crippen LogP contribution is -2.37. The molecule has 0 amide bonds. The Morgan fingerprint density at radius 3 is 2.56 bits per heavy atom. The molecule has 0 aliphatic heterocycles. The van der Waals surface area contributed by atoms with Gasteiger partial charge in [0.05, 0.1) is 0 Å². The van der Waals surface area contributed by atoms with Gasteiger partial charge >= 0.3 is 5.97 Å². The van der Waals surface area contributed by atoms with Crippen LogP contribution in [0.1, 0.15) is 25.8 Å². The molecule has 1 aromatic rings. The number of carboxylic acids is 1. The van der Waals surface area contributed by atoms with Crippen molar-refractivity contribution in [3.63, 3.8) is 0 Å². The number of benzene rings is 1. The van der Waals surface area contributed by atoms with Crippen LogP contribution in [-0.4, -0.2) is 23.7 Å². The van der Waals surface area contributed by atoms with Gasteiger partial charge in [-0.2, -0.15) is 0 Å². The molecule has 0 saturated carbocycles. The zero-order valence-electron chi connectivity index (χ0n) is 11.0. The second kappa shape index (κ2) is 7.67. The predicted octanol–water partition coefficient (Wildman–Crippen LogP) is 2.79. The molecule has 0 aliphatic rings. The molecule has 18 heavy (non-hydrogen) atoms. The van der Waals surface area contributed by atoms with Crippen molar-refractivity contribution in [3.05, 3.63) is 42.0 Å². The van der Waals surface area contributed by atoms with Crippen molar-refractivity contribution in [2.45, 2.75) is 26.3 Å². The van der Waals surface area contributed by atoms with E-state index in [0.717, 1.165) is 5.56 Å². The molecule has 1 atom stereocenters. The summed E-state index contributed by atoms with van der Waals surface area (Å²) in [5, 5.41) is 12.1. The fourth-order valence-electron chi connectivity index (χ4n) is 1.71. The van der Waals surface area contributed by atoms with E-state index in [9.17, 15) is 4.79 Å². The first-order valence-corrected chi connectivity index (χ1v) is 6.27. The number of carboxylic acid groups (broad SMARTS) is 1. The summed E-state index contributed by atoms with van der Waals surface area (Å²) in [6.45, 7) is 4.62. The Morgan fingerprint density at radius 2 is 2.00 bits per heavy atom. The van der Waals surface area contributed by atoms with Crippen molar-refractivity contribution in [1.82, 2.24) is 5.32 Å². The van der Waals surface area contributed by atoms with Gasteiger partial charge in [-0.25, -0.2) is 0 Å². The number of carbonyl (C=O) groups is 1. The van der Waals surface area contributed by atoms with Crippen LogP contribution in [0.2, 0.25) is 0 Å². The van der Waals surface area contributed by atoms with E-state index in [-0.39, 0.29) is 0 Å². The maximum Gasteiger partial charge on any atom is 0.320 e. The molecule has 0 saturated heterocycles. The van der Waals surface area contributed by atoms with Gasteiger partial charge in [0.1, 0.15) is 6.04 Å². The third kappa shape index (κ3) is 5.64. The predicted molar refractivity (Wildman–Crippen MR) is 74.4 cm³/mol. The molecule has 3 nitrogen and oxygen atoms in total. The highest BCUT2D eigenvalue weighted by Gasteiger charge is 2.16. The lowest BCUT2D eigenvalue weighted by Gasteiger charge is -2.15. The van der Waals surface area contributed by atoms with Crippen LogP contribution in [0, 0.1) is 5.92 Å². The Labute approximate surface area is 109 Å². The third-order valence-electron chi connectivity index (χ3n) is 2.60. The normalized spacial score (nSPS) is 13.1. The van der Waals surface area contributed by atoms with E-state index in [1.165, 1.54) is 0 Å². The first-order chi connectivity index (χ1) is 8.59. The fourth-order valence-corrected chi connectivity index (χ4v) is 1.71. The van der Waals surface area contributed by atoms with Crippen LogP contribution in [0.3, 0.4) is 0 Å². The number of hydrogen-bond acceptors (Lipinski definition) is 2. The number of aliphatic carboxylic acids is 1. The molecule has 0 aliphatic carbocycles. The second-order valence-electron chi connectivity index (χ2n) is 4.74. The van der Waals surface area contributed by atoms with E-state index in [4.69, 9.17) is 5.11 Å². The van der Waals surface area contributed by atoms with Gasteiger partial charge in [-0.3, -0.25) is 4.79 Å². The molecule has 3 heteroatoms. The summed E-state index contributed by atoms with van der Waals surface area (Å²) >= 11 is 0. The topological polar surface area (TPSA) is 49.3 Å². The standard InChI is InChI=1S/C15H21NO2/c1-12(2)11-14(15(17)18)16-10-6-9-13-7-4-3-5-8-13/h3-9,12,14,16H,10-11H2,1-2H3,(H,17,18)/t14-/m1/s1. The Balaban J connectivity index is 2.39. The molecule has 0 aromatic heterocycles. The van der Waals surface area contributed by atoms with E-state index < -0.39 is 12.0 Å². The molecule has 0 heterocycles. The van der Waals surface area contributed by atoms with Crippen LogP contribution in [0.4, 0.5) is 0 Å². The van der Waals surface area contributed by atoms with E-state index in [2.05, 4.69) is 5.32 Å². The molecule has 1 aromatic carbocycles. The Hall–Kier alpha value is -1.61. The highest BCUT2D eigenvalue weighted by atomic mass is 16.4. The van der Waals surface area contributed by atoms with Crippen LogP contribution in [-0.2, 0) is 4.79 Å². The molecule has 0 bridgehead atoms. The SMILES string of the molecule is CC(C)C[C@@H](NCC=Cc1ccccc1)C(=O)O. The molecular formula is C15H21NO2. The minimum Gasteiger partial charge on any atom is -0.480 e. The smallest absolute Gasteiger partial charge is 0.320 e. The van der Waals surface area contributed by atoms with Gasteiger partial charge in [-0.1, -0.05) is 56.3 Å². The Bertz CT molecular complexity index is 385. The summed E-state index contributed by atoms with van der Waals surface area (Å²) in [5.41, 5.74) is 1.12. The zero-order chi connectivity index (χ0) is 13.4. The van der Waals surface area contributed by atoms with Crippen LogP contribution >= 0.6 is 0 Å².